The van der Waals surface area contributed by atoms with Gasteiger partial charge >= 0.3 is 0 Å². The summed E-state index contributed by atoms with van der Waals surface area (Å²) in [4.78, 5) is 16.0. The molecule has 2 unspecified atom stereocenters. The van der Waals surface area contributed by atoms with E-state index >= 15 is 0 Å². The summed E-state index contributed by atoms with van der Waals surface area (Å²) in [6, 6.07) is 6.33. The van der Waals surface area contributed by atoms with Gasteiger partial charge in [-0.25, -0.2) is 4.98 Å². The normalized spacial score (nSPS) is 20.4. The number of fused-ring (bicyclic) bond motifs is 1. The molecule has 2 aromatic rings. The number of imidazole rings is 1. The first-order valence-corrected chi connectivity index (χ1v) is 7.39. The standard InChI is InChI=1S/C15H18ClN3O/c1-9-4-3-5-12-14(9)18-15(10(2)16)19(12)8-11-6-7-13(20)17-11/h3-5,10-11H,6-8H2,1-2H3,(H,17,20). The Morgan fingerprint density at radius 1 is 1.55 bits per heavy atom. The summed E-state index contributed by atoms with van der Waals surface area (Å²) in [5, 5.41) is 2.85. The minimum absolute atomic E-state index is 0.135. The zero-order valence-corrected chi connectivity index (χ0v) is 12.4. The topological polar surface area (TPSA) is 46.9 Å². The molecule has 0 spiro atoms. The van der Waals surface area contributed by atoms with Crippen LogP contribution in [0.5, 0.6) is 0 Å². The highest BCUT2D eigenvalue weighted by atomic mass is 35.5. The Morgan fingerprint density at radius 2 is 2.35 bits per heavy atom. The Kier molecular flexibility index (Phi) is 3.42. The van der Waals surface area contributed by atoms with Crippen LogP contribution in [0.15, 0.2) is 18.2 Å². The quantitative estimate of drug-likeness (QED) is 0.884. The predicted octanol–water partition coefficient (Wildman–Crippen LogP) is 2.92. The minimum Gasteiger partial charge on any atom is -0.352 e. The SMILES string of the molecule is Cc1cccc2c1nc(C(C)Cl)n2CC1CCC(=O)N1. The zero-order valence-electron chi connectivity index (χ0n) is 11.7. The molecule has 0 saturated carbocycles. The van der Waals surface area contributed by atoms with E-state index in [2.05, 4.69) is 28.9 Å². The molecule has 5 heteroatoms. The van der Waals surface area contributed by atoms with Crippen LogP contribution in [0.2, 0.25) is 0 Å². The molecule has 3 rings (SSSR count). The van der Waals surface area contributed by atoms with Gasteiger partial charge in [0.15, 0.2) is 0 Å². The van der Waals surface area contributed by atoms with Crippen molar-refractivity contribution in [2.45, 2.75) is 44.7 Å². The summed E-state index contributed by atoms with van der Waals surface area (Å²) in [5.41, 5.74) is 3.24. The molecule has 2 heterocycles. The average Bonchev–Trinajstić information content (AvgIpc) is 2.96. The van der Waals surface area contributed by atoms with Crippen LogP contribution in [0.25, 0.3) is 11.0 Å². The van der Waals surface area contributed by atoms with Gasteiger partial charge in [0.2, 0.25) is 5.91 Å². The Labute approximate surface area is 123 Å². The number of hydrogen-bond acceptors (Lipinski definition) is 2. The third-order valence-corrected chi connectivity index (χ3v) is 4.05. The molecule has 4 nitrogen and oxygen atoms in total. The van der Waals surface area contributed by atoms with Crippen LogP contribution in [0.1, 0.15) is 36.5 Å². The van der Waals surface area contributed by atoms with Gasteiger partial charge in [-0.05, 0) is 31.9 Å². The number of benzene rings is 1. The minimum atomic E-state index is -0.154. The lowest BCUT2D eigenvalue weighted by atomic mass is 10.2. The maximum Gasteiger partial charge on any atom is 0.220 e. The molecule has 1 aliphatic rings. The maximum atomic E-state index is 11.4. The van der Waals surface area contributed by atoms with E-state index in [4.69, 9.17) is 16.6 Å². The van der Waals surface area contributed by atoms with Gasteiger partial charge in [0.25, 0.3) is 0 Å². The van der Waals surface area contributed by atoms with Crippen molar-refractivity contribution in [2.75, 3.05) is 0 Å². The number of carbonyl (C=O) groups excluding carboxylic acids is 1. The van der Waals surface area contributed by atoms with Crippen LogP contribution in [-0.2, 0) is 11.3 Å². The summed E-state index contributed by atoms with van der Waals surface area (Å²) in [5.74, 6) is 1.01. The lowest BCUT2D eigenvalue weighted by molar-refractivity contribution is -0.119. The molecule has 0 aliphatic carbocycles. The van der Waals surface area contributed by atoms with E-state index in [0.717, 1.165) is 35.4 Å². The van der Waals surface area contributed by atoms with Gasteiger partial charge in [0.05, 0.1) is 16.4 Å². The summed E-state index contributed by atoms with van der Waals surface area (Å²) >= 11 is 6.28. The third kappa shape index (κ3) is 2.29. The monoisotopic (exact) mass is 291 g/mol. The van der Waals surface area contributed by atoms with Crippen LogP contribution in [0.4, 0.5) is 0 Å². The van der Waals surface area contributed by atoms with E-state index in [1.54, 1.807) is 0 Å². The molecule has 1 aromatic carbocycles. The van der Waals surface area contributed by atoms with Crippen molar-refractivity contribution in [1.29, 1.82) is 0 Å². The predicted molar refractivity (Wildman–Crippen MR) is 79.9 cm³/mol. The second-order valence-corrected chi connectivity index (χ2v) is 6.10. The number of nitrogens with zero attached hydrogens (tertiary/aromatic N) is 2. The van der Waals surface area contributed by atoms with E-state index < -0.39 is 0 Å². The number of aryl methyl sites for hydroxylation is 1. The molecule has 2 atom stereocenters. The van der Waals surface area contributed by atoms with E-state index in [9.17, 15) is 4.79 Å². The highest BCUT2D eigenvalue weighted by Gasteiger charge is 2.24. The van der Waals surface area contributed by atoms with E-state index in [1.165, 1.54) is 0 Å². The number of alkyl halides is 1. The second-order valence-electron chi connectivity index (χ2n) is 5.44. The number of aromatic nitrogens is 2. The number of para-hydroxylation sites is 1. The third-order valence-electron chi connectivity index (χ3n) is 3.85. The van der Waals surface area contributed by atoms with Crippen LogP contribution in [0.3, 0.4) is 0 Å². The smallest absolute Gasteiger partial charge is 0.220 e. The Morgan fingerprint density at radius 3 is 3.00 bits per heavy atom. The van der Waals surface area contributed by atoms with Gasteiger partial charge in [-0.3, -0.25) is 4.79 Å². The van der Waals surface area contributed by atoms with Crippen molar-refractivity contribution in [3.63, 3.8) is 0 Å². The van der Waals surface area contributed by atoms with Gasteiger partial charge in [0, 0.05) is 19.0 Å². The van der Waals surface area contributed by atoms with Crippen molar-refractivity contribution < 1.29 is 4.79 Å². The highest BCUT2D eigenvalue weighted by molar-refractivity contribution is 6.20. The van der Waals surface area contributed by atoms with E-state index in [0.29, 0.717) is 6.42 Å². The summed E-state index contributed by atoms with van der Waals surface area (Å²) < 4.78 is 2.15. The van der Waals surface area contributed by atoms with Gasteiger partial charge in [-0.1, -0.05) is 12.1 Å². The molecule has 0 radical (unpaired) electrons. The van der Waals surface area contributed by atoms with Crippen LogP contribution < -0.4 is 5.32 Å². The maximum absolute atomic E-state index is 11.4. The number of halogens is 1. The van der Waals surface area contributed by atoms with Crippen LogP contribution in [0, 0.1) is 6.92 Å². The molecule has 106 valence electrons. The molecule has 1 fully saturated rings. The molecule has 1 N–H and O–H groups in total. The fourth-order valence-corrected chi connectivity index (χ4v) is 3.00. The van der Waals surface area contributed by atoms with E-state index in [1.807, 2.05) is 13.0 Å². The molecule has 0 bridgehead atoms. The number of hydrogen-bond donors (Lipinski definition) is 1. The van der Waals surface area contributed by atoms with Crippen molar-refractivity contribution in [3.8, 4) is 0 Å². The molecule has 1 aliphatic heterocycles. The lowest BCUT2D eigenvalue weighted by Crippen LogP contribution is -2.30. The van der Waals surface area contributed by atoms with Crippen LogP contribution >= 0.6 is 11.6 Å². The summed E-state index contributed by atoms with van der Waals surface area (Å²) in [7, 11) is 0. The fraction of sp³-hybridized carbons (Fsp3) is 0.467. The molecule has 1 saturated heterocycles. The number of amides is 1. The van der Waals surface area contributed by atoms with E-state index in [-0.39, 0.29) is 17.3 Å². The molecule has 20 heavy (non-hydrogen) atoms. The number of nitrogens with one attached hydrogen (secondary N) is 1. The first kappa shape index (κ1) is 13.4. The first-order chi connectivity index (χ1) is 9.56. The molecule has 1 amide bonds. The summed E-state index contributed by atoms with van der Waals surface area (Å²) in [6.07, 6.45) is 1.49. The zero-order chi connectivity index (χ0) is 14.3. The van der Waals surface area contributed by atoms with Gasteiger partial charge < -0.3 is 9.88 Å². The molecule has 1 aromatic heterocycles. The largest absolute Gasteiger partial charge is 0.352 e. The van der Waals surface area contributed by atoms with Crippen LogP contribution in [-0.4, -0.2) is 21.5 Å². The van der Waals surface area contributed by atoms with Gasteiger partial charge in [-0.2, -0.15) is 0 Å². The second kappa shape index (κ2) is 5.09. The molecular weight excluding hydrogens is 274 g/mol. The van der Waals surface area contributed by atoms with Crippen molar-refractivity contribution in [3.05, 3.63) is 29.6 Å². The highest BCUT2D eigenvalue weighted by Crippen LogP contribution is 2.27. The lowest BCUT2D eigenvalue weighted by Gasteiger charge is -2.15. The van der Waals surface area contributed by atoms with Gasteiger partial charge in [0.1, 0.15) is 5.82 Å². The number of rotatable bonds is 3. The van der Waals surface area contributed by atoms with Crippen molar-refractivity contribution in [2.24, 2.45) is 0 Å². The summed E-state index contributed by atoms with van der Waals surface area (Å²) in [6.45, 7) is 4.72. The average molecular weight is 292 g/mol. The van der Waals surface area contributed by atoms with Gasteiger partial charge in [-0.15, -0.1) is 11.6 Å². The first-order valence-electron chi connectivity index (χ1n) is 6.95. The van der Waals surface area contributed by atoms with Crippen molar-refractivity contribution >= 4 is 28.5 Å². The fourth-order valence-electron chi connectivity index (χ4n) is 2.84. The Hall–Kier alpha value is -1.55. The van der Waals surface area contributed by atoms with Crippen molar-refractivity contribution in [1.82, 2.24) is 14.9 Å². The number of carbonyl (C=O) groups is 1. The molecular formula is C15H18ClN3O. The Bertz CT molecular complexity index is 662. The Balaban J connectivity index is 2.05.